The van der Waals surface area contributed by atoms with Crippen LogP contribution in [0.15, 0.2) is 42.6 Å². The van der Waals surface area contributed by atoms with Gasteiger partial charge in [-0.1, -0.05) is 55.9 Å². The maximum Gasteiger partial charge on any atom is 0.124 e. The van der Waals surface area contributed by atoms with Gasteiger partial charge in [-0.3, -0.25) is 4.98 Å². The van der Waals surface area contributed by atoms with Gasteiger partial charge in [0, 0.05) is 17.1 Å². The Morgan fingerprint density at radius 3 is 2.73 bits per heavy atom. The summed E-state index contributed by atoms with van der Waals surface area (Å²) in [7, 11) is 0. The minimum absolute atomic E-state index is 0.568. The van der Waals surface area contributed by atoms with Crippen LogP contribution in [0.3, 0.4) is 0 Å². The first-order chi connectivity index (χ1) is 12.7. The van der Waals surface area contributed by atoms with Gasteiger partial charge in [0.05, 0.1) is 11.4 Å². The molecule has 1 saturated carbocycles. The number of pyridine rings is 2. The van der Waals surface area contributed by atoms with E-state index in [1.807, 2.05) is 12.3 Å². The highest BCUT2D eigenvalue weighted by Crippen LogP contribution is 2.33. The molecule has 2 N–H and O–H groups in total. The molecule has 0 amide bonds. The molecule has 0 aliphatic heterocycles. The molecule has 1 aliphatic carbocycles. The molecular weight excluding hydrogens is 318 g/mol. The second-order valence-corrected chi connectivity index (χ2v) is 7.66. The number of anilines is 1. The maximum absolute atomic E-state index is 6.11. The fourth-order valence-corrected chi connectivity index (χ4v) is 4.30. The van der Waals surface area contributed by atoms with Crippen molar-refractivity contribution >= 4 is 16.6 Å². The zero-order valence-corrected chi connectivity index (χ0v) is 15.5. The molecule has 134 valence electrons. The van der Waals surface area contributed by atoms with E-state index < -0.39 is 0 Å². The molecule has 0 atom stereocenters. The van der Waals surface area contributed by atoms with Gasteiger partial charge in [-0.15, -0.1) is 0 Å². The molecule has 2 aromatic heterocycles. The Bertz CT molecular complexity index is 910. The van der Waals surface area contributed by atoms with Crippen molar-refractivity contribution in [2.45, 2.75) is 51.9 Å². The summed E-state index contributed by atoms with van der Waals surface area (Å²) in [5.41, 5.74) is 10.6. The van der Waals surface area contributed by atoms with Crippen LogP contribution in [-0.2, 0) is 6.42 Å². The van der Waals surface area contributed by atoms with Crippen molar-refractivity contribution in [3.05, 3.63) is 53.9 Å². The minimum Gasteiger partial charge on any atom is -0.384 e. The summed E-state index contributed by atoms with van der Waals surface area (Å²) >= 11 is 0. The first-order valence-electron chi connectivity index (χ1n) is 9.82. The van der Waals surface area contributed by atoms with Crippen molar-refractivity contribution in [3.63, 3.8) is 0 Å². The minimum atomic E-state index is 0.568. The number of fused-ring (bicyclic) bond motifs is 1. The molecule has 3 nitrogen and oxygen atoms in total. The second kappa shape index (κ2) is 7.45. The highest BCUT2D eigenvalue weighted by Gasteiger charge is 2.16. The number of nitrogens with two attached hydrogens (primary N) is 1. The molecule has 1 aromatic carbocycles. The Balaban J connectivity index is 1.75. The van der Waals surface area contributed by atoms with Gasteiger partial charge in [-0.05, 0) is 49.3 Å². The Hall–Kier alpha value is -2.42. The highest BCUT2D eigenvalue weighted by atomic mass is 14.8. The van der Waals surface area contributed by atoms with Gasteiger partial charge in [-0.2, -0.15) is 0 Å². The summed E-state index contributed by atoms with van der Waals surface area (Å²) in [4.78, 5) is 9.45. The Labute approximate surface area is 155 Å². The van der Waals surface area contributed by atoms with Crippen LogP contribution in [-0.4, -0.2) is 9.97 Å². The van der Waals surface area contributed by atoms with Crippen molar-refractivity contribution in [1.29, 1.82) is 0 Å². The van der Waals surface area contributed by atoms with Crippen LogP contribution < -0.4 is 5.73 Å². The molecule has 0 radical (unpaired) electrons. The SMILES string of the molecule is Cc1cccc(-c2nc(N)cc3ccnc(CCC4CCCCC4)c23)c1. The molecule has 1 fully saturated rings. The number of aryl methyl sites for hydroxylation is 2. The van der Waals surface area contributed by atoms with Crippen LogP contribution in [0.1, 0.15) is 49.8 Å². The molecule has 0 saturated heterocycles. The summed E-state index contributed by atoms with van der Waals surface area (Å²) < 4.78 is 0. The van der Waals surface area contributed by atoms with E-state index in [4.69, 9.17) is 15.7 Å². The molecule has 0 spiro atoms. The second-order valence-electron chi connectivity index (χ2n) is 7.66. The Morgan fingerprint density at radius 1 is 1.08 bits per heavy atom. The van der Waals surface area contributed by atoms with Gasteiger partial charge >= 0.3 is 0 Å². The van der Waals surface area contributed by atoms with Crippen molar-refractivity contribution in [2.75, 3.05) is 5.73 Å². The van der Waals surface area contributed by atoms with Crippen molar-refractivity contribution in [2.24, 2.45) is 5.92 Å². The number of hydrogen-bond donors (Lipinski definition) is 1. The average molecular weight is 345 g/mol. The maximum atomic E-state index is 6.11. The molecule has 0 bridgehead atoms. The number of rotatable bonds is 4. The number of nitrogen functional groups attached to an aromatic ring is 1. The first-order valence-corrected chi connectivity index (χ1v) is 9.82. The zero-order chi connectivity index (χ0) is 17.9. The number of nitrogens with zero attached hydrogens (tertiary/aromatic N) is 2. The number of benzene rings is 1. The van der Waals surface area contributed by atoms with Gasteiger partial charge in [0.25, 0.3) is 0 Å². The third-order valence-electron chi connectivity index (χ3n) is 5.65. The molecule has 3 heteroatoms. The highest BCUT2D eigenvalue weighted by molar-refractivity contribution is 5.97. The fourth-order valence-electron chi connectivity index (χ4n) is 4.30. The van der Waals surface area contributed by atoms with Crippen LogP contribution in [0.2, 0.25) is 0 Å². The molecule has 26 heavy (non-hydrogen) atoms. The molecule has 0 unspecified atom stereocenters. The lowest BCUT2D eigenvalue weighted by molar-refractivity contribution is 0.338. The van der Waals surface area contributed by atoms with Gasteiger partial charge in [0.15, 0.2) is 0 Å². The van der Waals surface area contributed by atoms with Crippen molar-refractivity contribution in [1.82, 2.24) is 9.97 Å². The monoisotopic (exact) mass is 345 g/mol. The van der Waals surface area contributed by atoms with Gasteiger partial charge < -0.3 is 5.73 Å². The van der Waals surface area contributed by atoms with Gasteiger partial charge in [0.1, 0.15) is 5.82 Å². The van der Waals surface area contributed by atoms with E-state index in [9.17, 15) is 0 Å². The molecule has 1 aliphatic rings. The van der Waals surface area contributed by atoms with E-state index in [0.717, 1.165) is 34.7 Å². The van der Waals surface area contributed by atoms with Crippen LogP contribution in [0.25, 0.3) is 22.0 Å². The smallest absolute Gasteiger partial charge is 0.124 e. The average Bonchev–Trinajstić information content (AvgIpc) is 2.66. The van der Waals surface area contributed by atoms with Gasteiger partial charge in [-0.25, -0.2) is 4.98 Å². The van der Waals surface area contributed by atoms with Crippen molar-refractivity contribution < 1.29 is 0 Å². The van der Waals surface area contributed by atoms with E-state index in [-0.39, 0.29) is 0 Å². The third kappa shape index (κ3) is 3.57. The van der Waals surface area contributed by atoms with Crippen LogP contribution in [0.5, 0.6) is 0 Å². The zero-order valence-electron chi connectivity index (χ0n) is 15.5. The Kier molecular flexibility index (Phi) is 4.87. The summed E-state index contributed by atoms with van der Waals surface area (Å²) in [6.45, 7) is 2.11. The van der Waals surface area contributed by atoms with Crippen LogP contribution >= 0.6 is 0 Å². The quantitative estimate of drug-likeness (QED) is 0.660. The molecule has 4 rings (SSSR count). The van der Waals surface area contributed by atoms with Crippen LogP contribution in [0, 0.1) is 12.8 Å². The predicted octanol–water partition coefficient (Wildman–Crippen LogP) is 5.70. The van der Waals surface area contributed by atoms with E-state index in [1.165, 1.54) is 49.5 Å². The van der Waals surface area contributed by atoms with Crippen molar-refractivity contribution in [3.8, 4) is 11.3 Å². The van der Waals surface area contributed by atoms with E-state index >= 15 is 0 Å². The summed E-state index contributed by atoms with van der Waals surface area (Å²) in [6.07, 6.45) is 11.1. The van der Waals surface area contributed by atoms with E-state index in [0.29, 0.717) is 5.82 Å². The van der Waals surface area contributed by atoms with Crippen LogP contribution in [0.4, 0.5) is 5.82 Å². The normalized spacial score (nSPS) is 15.4. The molecule has 2 heterocycles. The summed E-state index contributed by atoms with van der Waals surface area (Å²) in [5.74, 6) is 1.42. The standard InChI is InChI=1S/C23H27N3/c1-16-6-5-9-19(14-16)23-22-18(15-21(24)26-23)12-13-25-20(22)11-10-17-7-3-2-4-8-17/h5-6,9,12-15,17H,2-4,7-8,10-11H2,1H3,(H2,24,26). The Morgan fingerprint density at radius 2 is 1.92 bits per heavy atom. The lowest BCUT2D eigenvalue weighted by Gasteiger charge is -2.21. The van der Waals surface area contributed by atoms with E-state index in [2.05, 4.69) is 37.3 Å². The third-order valence-corrected chi connectivity index (χ3v) is 5.65. The summed E-state index contributed by atoms with van der Waals surface area (Å²) in [6, 6.07) is 12.5. The molecular formula is C23H27N3. The van der Waals surface area contributed by atoms with Gasteiger partial charge in [0.2, 0.25) is 0 Å². The summed E-state index contributed by atoms with van der Waals surface area (Å²) in [5, 5.41) is 2.31. The fraction of sp³-hybridized carbons (Fsp3) is 0.391. The number of aromatic nitrogens is 2. The predicted molar refractivity (Wildman–Crippen MR) is 109 cm³/mol. The lowest BCUT2D eigenvalue weighted by Crippen LogP contribution is -2.08. The topological polar surface area (TPSA) is 51.8 Å². The number of hydrogen-bond acceptors (Lipinski definition) is 3. The lowest BCUT2D eigenvalue weighted by atomic mass is 9.85. The molecule has 3 aromatic rings. The first kappa shape index (κ1) is 17.0. The van der Waals surface area contributed by atoms with E-state index in [1.54, 1.807) is 0 Å². The largest absolute Gasteiger partial charge is 0.384 e.